The first-order chi connectivity index (χ1) is 5.33. The van der Waals surface area contributed by atoms with Crippen molar-refractivity contribution >= 4 is 6.21 Å². The van der Waals surface area contributed by atoms with Crippen LogP contribution < -0.4 is 0 Å². The SMILES string of the molecule is C/C=N\Cc1ccc(C)cc1. The van der Waals surface area contributed by atoms with Crippen LogP contribution in [0.3, 0.4) is 0 Å². The molecule has 11 heavy (non-hydrogen) atoms. The zero-order valence-electron chi connectivity index (χ0n) is 7.04. The van der Waals surface area contributed by atoms with E-state index in [9.17, 15) is 0 Å². The van der Waals surface area contributed by atoms with Crippen LogP contribution in [0.15, 0.2) is 29.3 Å². The third-order valence-electron chi connectivity index (χ3n) is 1.58. The highest BCUT2D eigenvalue weighted by Gasteiger charge is 1.87. The van der Waals surface area contributed by atoms with Gasteiger partial charge in [0.05, 0.1) is 6.54 Å². The van der Waals surface area contributed by atoms with Crippen LogP contribution in [-0.4, -0.2) is 6.21 Å². The van der Waals surface area contributed by atoms with E-state index >= 15 is 0 Å². The number of benzene rings is 1. The van der Waals surface area contributed by atoms with E-state index < -0.39 is 0 Å². The molecule has 1 rings (SSSR count). The summed E-state index contributed by atoms with van der Waals surface area (Å²) in [5, 5.41) is 0. The fourth-order valence-electron chi connectivity index (χ4n) is 0.890. The van der Waals surface area contributed by atoms with Gasteiger partial charge in [-0.1, -0.05) is 29.8 Å². The molecule has 0 bridgehead atoms. The molecule has 1 nitrogen and oxygen atoms in total. The van der Waals surface area contributed by atoms with Gasteiger partial charge in [-0.05, 0) is 25.6 Å². The maximum Gasteiger partial charge on any atom is 0.0635 e. The van der Waals surface area contributed by atoms with Crippen molar-refractivity contribution in [1.82, 2.24) is 0 Å². The Hall–Kier alpha value is -1.11. The van der Waals surface area contributed by atoms with E-state index in [1.54, 1.807) is 0 Å². The Labute approximate surface area is 67.8 Å². The molecular weight excluding hydrogens is 134 g/mol. The van der Waals surface area contributed by atoms with Crippen LogP contribution in [0.4, 0.5) is 0 Å². The zero-order valence-corrected chi connectivity index (χ0v) is 7.04. The van der Waals surface area contributed by atoms with Gasteiger partial charge < -0.3 is 0 Å². The van der Waals surface area contributed by atoms with Crippen molar-refractivity contribution in [2.75, 3.05) is 0 Å². The minimum atomic E-state index is 0.802. The largest absolute Gasteiger partial charge is 0.293 e. The monoisotopic (exact) mass is 147 g/mol. The molecule has 0 N–H and O–H groups in total. The van der Waals surface area contributed by atoms with Crippen LogP contribution in [0.5, 0.6) is 0 Å². The van der Waals surface area contributed by atoms with Crippen molar-refractivity contribution in [3.05, 3.63) is 35.4 Å². The smallest absolute Gasteiger partial charge is 0.0635 e. The lowest BCUT2D eigenvalue weighted by molar-refractivity contribution is 1.07. The summed E-state index contributed by atoms with van der Waals surface area (Å²) in [6.45, 7) is 4.83. The third kappa shape index (κ3) is 2.54. The van der Waals surface area contributed by atoms with Crippen LogP contribution in [0, 0.1) is 6.92 Å². The molecule has 0 spiro atoms. The van der Waals surface area contributed by atoms with Crippen LogP contribution >= 0.6 is 0 Å². The van der Waals surface area contributed by atoms with Gasteiger partial charge in [0.1, 0.15) is 0 Å². The van der Waals surface area contributed by atoms with E-state index in [-0.39, 0.29) is 0 Å². The van der Waals surface area contributed by atoms with E-state index in [2.05, 4.69) is 36.2 Å². The lowest BCUT2D eigenvalue weighted by Gasteiger charge is -1.95. The number of rotatable bonds is 2. The van der Waals surface area contributed by atoms with Gasteiger partial charge in [-0.3, -0.25) is 4.99 Å². The first-order valence-electron chi connectivity index (χ1n) is 3.83. The molecule has 0 amide bonds. The fraction of sp³-hybridized carbons (Fsp3) is 0.300. The molecule has 58 valence electrons. The molecule has 0 unspecified atom stereocenters. The molecule has 0 saturated carbocycles. The normalized spacial score (nSPS) is 10.7. The van der Waals surface area contributed by atoms with Crippen molar-refractivity contribution < 1.29 is 0 Å². The van der Waals surface area contributed by atoms with Gasteiger partial charge in [0, 0.05) is 0 Å². The van der Waals surface area contributed by atoms with Gasteiger partial charge in [-0.15, -0.1) is 0 Å². The van der Waals surface area contributed by atoms with E-state index in [1.165, 1.54) is 11.1 Å². The van der Waals surface area contributed by atoms with Gasteiger partial charge >= 0.3 is 0 Å². The zero-order chi connectivity index (χ0) is 8.10. The number of aliphatic imine (C=N–C) groups is 1. The van der Waals surface area contributed by atoms with Gasteiger partial charge in [0.25, 0.3) is 0 Å². The highest BCUT2D eigenvalue weighted by Crippen LogP contribution is 2.03. The summed E-state index contributed by atoms with van der Waals surface area (Å²) in [5.41, 5.74) is 2.57. The highest BCUT2D eigenvalue weighted by atomic mass is 14.7. The Morgan fingerprint density at radius 3 is 2.45 bits per heavy atom. The van der Waals surface area contributed by atoms with E-state index in [0.29, 0.717) is 0 Å². The summed E-state index contributed by atoms with van der Waals surface area (Å²) >= 11 is 0. The number of nitrogens with zero attached hydrogens (tertiary/aromatic N) is 1. The van der Waals surface area contributed by atoms with Crippen molar-refractivity contribution in [2.24, 2.45) is 4.99 Å². The molecule has 0 aliphatic heterocycles. The molecular formula is C10H13N. The van der Waals surface area contributed by atoms with E-state index in [4.69, 9.17) is 0 Å². The van der Waals surface area contributed by atoms with Crippen LogP contribution in [-0.2, 0) is 6.54 Å². The standard InChI is InChI=1S/C10H13N/c1-3-11-8-10-6-4-9(2)5-7-10/h3-7H,8H2,1-2H3/b11-3-. The summed E-state index contributed by atoms with van der Waals surface area (Å²) in [6.07, 6.45) is 1.83. The van der Waals surface area contributed by atoms with Gasteiger partial charge in [-0.25, -0.2) is 0 Å². The third-order valence-corrected chi connectivity index (χ3v) is 1.58. The summed E-state index contributed by atoms with van der Waals surface area (Å²) < 4.78 is 0. The number of hydrogen-bond acceptors (Lipinski definition) is 1. The highest BCUT2D eigenvalue weighted by molar-refractivity contribution is 5.53. The van der Waals surface area contributed by atoms with Gasteiger partial charge in [-0.2, -0.15) is 0 Å². The second-order valence-corrected chi connectivity index (χ2v) is 2.58. The lowest BCUT2D eigenvalue weighted by Crippen LogP contribution is -1.80. The predicted octanol–water partition coefficient (Wildman–Crippen LogP) is 2.59. The summed E-state index contributed by atoms with van der Waals surface area (Å²) in [4.78, 5) is 4.15. The molecule has 0 aliphatic carbocycles. The van der Waals surface area contributed by atoms with Crippen molar-refractivity contribution in [3.63, 3.8) is 0 Å². The maximum absolute atomic E-state index is 4.15. The van der Waals surface area contributed by atoms with Crippen molar-refractivity contribution in [3.8, 4) is 0 Å². The van der Waals surface area contributed by atoms with E-state index in [1.807, 2.05) is 13.1 Å². The maximum atomic E-state index is 4.15. The average Bonchev–Trinajstić information content (AvgIpc) is 2.04. The molecule has 0 aromatic heterocycles. The molecule has 0 radical (unpaired) electrons. The molecule has 0 aliphatic rings. The van der Waals surface area contributed by atoms with Gasteiger partial charge in [0.2, 0.25) is 0 Å². The number of hydrogen-bond donors (Lipinski definition) is 0. The second kappa shape index (κ2) is 3.91. The second-order valence-electron chi connectivity index (χ2n) is 2.58. The van der Waals surface area contributed by atoms with Crippen LogP contribution in [0.25, 0.3) is 0 Å². The fourth-order valence-corrected chi connectivity index (χ4v) is 0.890. The minimum Gasteiger partial charge on any atom is -0.293 e. The molecule has 1 aromatic rings. The first kappa shape index (κ1) is 7.99. The number of aryl methyl sites for hydroxylation is 1. The molecule has 0 saturated heterocycles. The van der Waals surface area contributed by atoms with Gasteiger partial charge in [0.15, 0.2) is 0 Å². The predicted molar refractivity (Wildman–Crippen MR) is 49.0 cm³/mol. The van der Waals surface area contributed by atoms with Crippen molar-refractivity contribution in [2.45, 2.75) is 20.4 Å². The Kier molecular flexibility index (Phi) is 2.84. The van der Waals surface area contributed by atoms with Crippen LogP contribution in [0.1, 0.15) is 18.1 Å². The van der Waals surface area contributed by atoms with E-state index in [0.717, 1.165) is 6.54 Å². The quantitative estimate of drug-likeness (QED) is 0.570. The Bertz CT molecular complexity index is 234. The summed E-state index contributed by atoms with van der Waals surface area (Å²) in [7, 11) is 0. The lowest BCUT2D eigenvalue weighted by atomic mass is 10.1. The van der Waals surface area contributed by atoms with Crippen molar-refractivity contribution in [1.29, 1.82) is 0 Å². The van der Waals surface area contributed by atoms with Crippen LogP contribution in [0.2, 0.25) is 0 Å². The Balaban J connectivity index is 2.66. The minimum absolute atomic E-state index is 0.802. The Morgan fingerprint density at radius 2 is 1.91 bits per heavy atom. The topological polar surface area (TPSA) is 12.4 Å². The summed E-state index contributed by atoms with van der Waals surface area (Å²) in [6, 6.07) is 8.45. The molecule has 1 heteroatoms. The first-order valence-corrected chi connectivity index (χ1v) is 3.83. The molecule has 1 aromatic carbocycles. The Morgan fingerprint density at radius 1 is 1.27 bits per heavy atom. The summed E-state index contributed by atoms with van der Waals surface area (Å²) in [5.74, 6) is 0. The average molecular weight is 147 g/mol. The molecule has 0 heterocycles. The molecule has 0 fully saturated rings. The molecule has 0 atom stereocenters.